The minimum absolute atomic E-state index is 0.136. The first-order chi connectivity index (χ1) is 21.3. The van der Waals surface area contributed by atoms with Gasteiger partial charge in [-0.1, -0.05) is 16.9 Å². The molecule has 5 aromatic rings. The predicted octanol–water partition coefficient (Wildman–Crippen LogP) is 5.27. The molecule has 0 N–H and O–H groups in total. The fourth-order valence-electron chi connectivity index (χ4n) is 4.95. The fraction of sp³-hybridized carbons (Fsp3) is 0.290. The first-order valence-electron chi connectivity index (χ1n) is 13.9. The summed E-state index contributed by atoms with van der Waals surface area (Å²) in [6.07, 6.45) is 2.95. The standard InChI is InChI=1S/C31H31N5O6S2/c1-34(2)9-10-36-29-21-15-25-26(41-18-40-25)16-23(21)33-17-22(29)19-13-24(39-4)27(14-20(19)30(36)37)42-31(38)35(3)11-12-43-44-28-7-5-6-8-32-28/h5-8,13-17H,9-12,18H2,1-4H3. The molecule has 1 aliphatic rings. The molecule has 1 amide bonds. The molecule has 0 fully saturated rings. The van der Waals surface area contributed by atoms with E-state index in [-0.39, 0.29) is 18.1 Å². The molecule has 0 radical (unpaired) electrons. The lowest BCUT2D eigenvalue weighted by atomic mass is 10.0. The molecule has 228 valence electrons. The number of pyridine rings is 3. The average molecular weight is 634 g/mol. The second kappa shape index (κ2) is 12.8. The van der Waals surface area contributed by atoms with E-state index in [0.29, 0.717) is 58.9 Å². The number of carbonyl (C=O) groups is 1. The van der Waals surface area contributed by atoms with E-state index in [1.54, 1.807) is 57.7 Å². The maximum atomic E-state index is 14.2. The molecule has 0 aliphatic carbocycles. The van der Waals surface area contributed by atoms with Gasteiger partial charge < -0.3 is 33.3 Å². The van der Waals surface area contributed by atoms with Crippen LogP contribution in [0.3, 0.4) is 0 Å². The molecule has 0 bridgehead atoms. The van der Waals surface area contributed by atoms with Crippen LogP contribution in [0, 0.1) is 0 Å². The van der Waals surface area contributed by atoms with Crippen molar-refractivity contribution in [1.29, 1.82) is 0 Å². The lowest BCUT2D eigenvalue weighted by Crippen LogP contribution is -2.31. The number of methoxy groups -OCH3 is 1. The van der Waals surface area contributed by atoms with E-state index in [1.165, 1.54) is 12.0 Å². The van der Waals surface area contributed by atoms with Crippen LogP contribution < -0.4 is 24.5 Å². The van der Waals surface area contributed by atoms with E-state index >= 15 is 0 Å². The number of carbonyl (C=O) groups excluding carboxylic acids is 1. The van der Waals surface area contributed by atoms with Gasteiger partial charge in [-0.15, -0.1) is 0 Å². The van der Waals surface area contributed by atoms with Crippen molar-refractivity contribution in [1.82, 2.24) is 24.3 Å². The van der Waals surface area contributed by atoms with E-state index in [0.717, 1.165) is 21.3 Å². The second-order valence-corrected chi connectivity index (χ2v) is 12.9. The Morgan fingerprint density at radius 2 is 1.77 bits per heavy atom. The highest BCUT2D eigenvalue weighted by atomic mass is 33.1. The summed E-state index contributed by atoms with van der Waals surface area (Å²) in [4.78, 5) is 39.7. The van der Waals surface area contributed by atoms with Gasteiger partial charge in [0.05, 0.1) is 23.5 Å². The Morgan fingerprint density at radius 3 is 2.52 bits per heavy atom. The molecule has 4 heterocycles. The Morgan fingerprint density at radius 1 is 0.977 bits per heavy atom. The zero-order valence-electron chi connectivity index (χ0n) is 24.7. The van der Waals surface area contributed by atoms with Gasteiger partial charge in [-0.05, 0) is 55.2 Å². The highest BCUT2D eigenvalue weighted by molar-refractivity contribution is 8.76. The summed E-state index contributed by atoms with van der Waals surface area (Å²) in [6, 6.07) is 12.8. The largest absolute Gasteiger partial charge is 0.493 e. The molecule has 44 heavy (non-hydrogen) atoms. The van der Waals surface area contributed by atoms with Crippen LogP contribution in [0.15, 0.2) is 64.7 Å². The van der Waals surface area contributed by atoms with Crippen LogP contribution in [0.2, 0.25) is 0 Å². The summed E-state index contributed by atoms with van der Waals surface area (Å²) >= 11 is 0. The zero-order valence-corrected chi connectivity index (χ0v) is 26.4. The molecule has 0 unspecified atom stereocenters. The van der Waals surface area contributed by atoms with Crippen molar-refractivity contribution >= 4 is 60.3 Å². The Labute approximate surface area is 261 Å². The number of nitrogens with zero attached hydrogens (tertiary/aromatic N) is 5. The van der Waals surface area contributed by atoms with Crippen molar-refractivity contribution in [2.75, 3.05) is 53.9 Å². The lowest BCUT2D eigenvalue weighted by molar-refractivity contribution is 0.164. The van der Waals surface area contributed by atoms with E-state index in [1.807, 2.05) is 49.3 Å². The van der Waals surface area contributed by atoms with Crippen LogP contribution in [0.1, 0.15) is 0 Å². The van der Waals surface area contributed by atoms with Gasteiger partial charge in [0, 0.05) is 67.1 Å². The van der Waals surface area contributed by atoms with E-state index in [4.69, 9.17) is 23.9 Å². The van der Waals surface area contributed by atoms with Crippen molar-refractivity contribution in [2.24, 2.45) is 0 Å². The monoisotopic (exact) mass is 633 g/mol. The van der Waals surface area contributed by atoms with Crippen LogP contribution >= 0.6 is 21.6 Å². The Bertz CT molecular complexity index is 1920. The van der Waals surface area contributed by atoms with Gasteiger partial charge in [-0.25, -0.2) is 9.78 Å². The normalized spacial score (nSPS) is 12.4. The molecule has 11 nitrogen and oxygen atoms in total. The van der Waals surface area contributed by atoms with E-state index in [9.17, 15) is 9.59 Å². The summed E-state index contributed by atoms with van der Waals surface area (Å²) < 4.78 is 24.4. The number of hydrogen-bond acceptors (Lipinski definition) is 11. The fourth-order valence-corrected chi connectivity index (χ4v) is 6.87. The number of ether oxygens (including phenoxy) is 4. The van der Waals surface area contributed by atoms with Crippen LogP contribution in [0.25, 0.3) is 32.6 Å². The van der Waals surface area contributed by atoms with Crippen molar-refractivity contribution in [3.05, 3.63) is 65.2 Å². The van der Waals surface area contributed by atoms with Crippen LogP contribution in [0.4, 0.5) is 4.79 Å². The summed E-state index contributed by atoms with van der Waals surface area (Å²) in [5, 5.41) is 3.49. The topological polar surface area (TPSA) is 108 Å². The number of benzene rings is 2. The lowest BCUT2D eigenvalue weighted by Gasteiger charge is -2.20. The van der Waals surface area contributed by atoms with Crippen molar-refractivity contribution in [3.63, 3.8) is 0 Å². The van der Waals surface area contributed by atoms with Crippen LogP contribution in [0.5, 0.6) is 23.0 Å². The third-order valence-corrected chi connectivity index (χ3v) is 9.49. The molecule has 6 rings (SSSR count). The van der Waals surface area contributed by atoms with Crippen molar-refractivity contribution in [3.8, 4) is 23.0 Å². The van der Waals surface area contributed by atoms with Crippen molar-refractivity contribution in [2.45, 2.75) is 11.6 Å². The molecular formula is C31H31N5O6S2. The number of rotatable bonds is 10. The average Bonchev–Trinajstić information content (AvgIpc) is 3.49. The summed E-state index contributed by atoms with van der Waals surface area (Å²) in [5.74, 6) is 2.40. The summed E-state index contributed by atoms with van der Waals surface area (Å²) in [5.41, 5.74) is 1.22. The van der Waals surface area contributed by atoms with Crippen LogP contribution in [-0.2, 0) is 6.54 Å². The molecule has 0 saturated carbocycles. The van der Waals surface area contributed by atoms with Gasteiger partial charge in [0.15, 0.2) is 23.0 Å². The maximum Gasteiger partial charge on any atom is 0.415 e. The van der Waals surface area contributed by atoms with Crippen LogP contribution in [-0.4, -0.2) is 84.3 Å². The van der Waals surface area contributed by atoms with Gasteiger partial charge in [-0.3, -0.25) is 9.78 Å². The third-order valence-electron chi connectivity index (χ3n) is 7.25. The predicted molar refractivity (Wildman–Crippen MR) is 173 cm³/mol. The molecule has 2 aromatic carbocycles. The third kappa shape index (κ3) is 5.94. The minimum Gasteiger partial charge on any atom is -0.493 e. The smallest absolute Gasteiger partial charge is 0.415 e. The number of hydrogen-bond donors (Lipinski definition) is 0. The molecule has 13 heteroatoms. The molecule has 0 atom stereocenters. The van der Waals surface area contributed by atoms with E-state index in [2.05, 4.69) is 4.98 Å². The quantitative estimate of drug-likeness (QED) is 0.114. The maximum absolute atomic E-state index is 14.2. The van der Waals surface area contributed by atoms with Gasteiger partial charge >= 0.3 is 6.09 Å². The molecule has 1 aliphatic heterocycles. The van der Waals surface area contributed by atoms with Crippen molar-refractivity contribution < 1.29 is 23.7 Å². The number of likely N-dealkylation sites (N-methyl/N-ethyl adjacent to an activating group) is 1. The first-order valence-corrected chi connectivity index (χ1v) is 16.2. The number of fused-ring (bicyclic) bond motifs is 6. The molecule has 3 aromatic heterocycles. The Balaban J connectivity index is 1.35. The van der Waals surface area contributed by atoms with Gasteiger partial charge in [0.2, 0.25) is 6.79 Å². The van der Waals surface area contributed by atoms with Gasteiger partial charge in [0.1, 0.15) is 5.03 Å². The summed E-state index contributed by atoms with van der Waals surface area (Å²) in [6.45, 7) is 1.66. The highest BCUT2D eigenvalue weighted by Crippen LogP contribution is 2.40. The number of amides is 1. The van der Waals surface area contributed by atoms with Gasteiger partial charge in [0.25, 0.3) is 5.56 Å². The second-order valence-electron chi connectivity index (χ2n) is 10.4. The minimum atomic E-state index is -0.552. The SMILES string of the molecule is COc1cc2c(cc1OC(=O)N(C)CCSSc1ccccn1)c(=O)n(CCN(C)C)c1c3cc4c(cc3ncc21)OCO4. The zero-order chi connectivity index (χ0) is 30.8. The molecule has 0 saturated heterocycles. The summed E-state index contributed by atoms with van der Waals surface area (Å²) in [7, 11) is 10.2. The Hall–Kier alpha value is -4.20. The molecular weight excluding hydrogens is 603 g/mol. The Kier molecular flexibility index (Phi) is 8.69. The number of aromatic nitrogens is 3. The first kappa shape index (κ1) is 29.9. The molecule has 0 spiro atoms. The van der Waals surface area contributed by atoms with E-state index < -0.39 is 6.09 Å². The highest BCUT2D eigenvalue weighted by Gasteiger charge is 2.22. The van der Waals surface area contributed by atoms with Gasteiger partial charge in [-0.2, -0.15) is 0 Å².